The predicted molar refractivity (Wildman–Crippen MR) is 63.2 cm³/mol. The van der Waals surface area contributed by atoms with Crippen molar-refractivity contribution in [3.63, 3.8) is 0 Å². The summed E-state index contributed by atoms with van der Waals surface area (Å²) in [6, 6.07) is 2.99. The zero-order chi connectivity index (χ0) is 12.0. The first-order valence-corrected chi connectivity index (χ1v) is 6.07. The quantitative estimate of drug-likeness (QED) is 0.865. The molecule has 2 atom stereocenters. The van der Waals surface area contributed by atoms with Gasteiger partial charge in [-0.25, -0.2) is 0 Å². The van der Waals surface area contributed by atoms with E-state index in [2.05, 4.69) is 0 Å². The van der Waals surface area contributed by atoms with Crippen molar-refractivity contribution in [1.82, 2.24) is 0 Å². The minimum Gasteiger partial charge on any atom is -0.454 e. The van der Waals surface area contributed by atoms with E-state index in [9.17, 15) is 5.11 Å². The van der Waals surface area contributed by atoms with Gasteiger partial charge >= 0.3 is 0 Å². The molecule has 4 nitrogen and oxygen atoms in total. The number of rotatable bonds is 3. The number of halogens is 1. The Morgan fingerprint density at radius 3 is 2.59 bits per heavy atom. The first-order valence-electron chi connectivity index (χ1n) is 5.69. The van der Waals surface area contributed by atoms with Crippen molar-refractivity contribution in [3.05, 3.63) is 22.7 Å². The second-order valence-corrected chi connectivity index (χ2v) is 4.99. The number of aliphatic hydroxyl groups excluding tert-OH is 1. The molecular weight excluding hydrogens is 242 g/mol. The van der Waals surface area contributed by atoms with E-state index in [0.29, 0.717) is 22.4 Å². The lowest BCUT2D eigenvalue weighted by Crippen LogP contribution is -2.28. The highest BCUT2D eigenvalue weighted by Crippen LogP contribution is 2.42. The summed E-state index contributed by atoms with van der Waals surface area (Å²) in [6.45, 7) is 0.204. The fourth-order valence-electron chi connectivity index (χ4n) is 2.10. The number of hydrogen-bond donors (Lipinski definition) is 2. The van der Waals surface area contributed by atoms with Crippen molar-refractivity contribution in [2.24, 2.45) is 11.7 Å². The highest BCUT2D eigenvalue weighted by atomic mass is 35.5. The number of benzene rings is 1. The average Bonchev–Trinajstić information content (AvgIpc) is 3.06. The molecule has 5 heteroatoms. The van der Waals surface area contributed by atoms with Gasteiger partial charge in [0.05, 0.1) is 12.1 Å². The summed E-state index contributed by atoms with van der Waals surface area (Å²) >= 11 is 6.15. The van der Waals surface area contributed by atoms with Crippen LogP contribution in [0.5, 0.6) is 11.5 Å². The maximum Gasteiger partial charge on any atom is 0.231 e. The largest absolute Gasteiger partial charge is 0.454 e. The Morgan fingerprint density at radius 1 is 1.29 bits per heavy atom. The molecule has 0 unspecified atom stereocenters. The van der Waals surface area contributed by atoms with E-state index in [1.165, 1.54) is 0 Å². The second kappa shape index (κ2) is 4.05. The van der Waals surface area contributed by atoms with Gasteiger partial charge in [0.25, 0.3) is 0 Å². The Bertz CT molecular complexity index is 448. The van der Waals surface area contributed by atoms with Crippen molar-refractivity contribution < 1.29 is 14.6 Å². The number of hydrogen-bond acceptors (Lipinski definition) is 4. The highest BCUT2D eigenvalue weighted by Gasteiger charge is 2.35. The van der Waals surface area contributed by atoms with Gasteiger partial charge in [0, 0.05) is 11.1 Å². The van der Waals surface area contributed by atoms with E-state index < -0.39 is 12.1 Å². The lowest BCUT2D eigenvalue weighted by atomic mass is 9.98. The summed E-state index contributed by atoms with van der Waals surface area (Å²) in [6.07, 6.45) is 1.54. The van der Waals surface area contributed by atoms with E-state index >= 15 is 0 Å². The Balaban J connectivity index is 1.91. The van der Waals surface area contributed by atoms with Crippen LogP contribution in [0.3, 0.4) is 0 Å². The maximum atomic E-state index is 10.0. The van der Waals surface area contributed by atoms with Crippen LogP contribution in [0.2, 0.25) is 5.02 Å². The molecule has 92 valence electrons. The van der Waals surface area contributed by atoms with Crippen LogP contribution in [0.25, 0.3) is 0 Å². The fourth-order valence-corrected chi connectivity index (χ4v) is 2.38. The SMILES string of the molecule is N[C@@H](c1cc2c(cc1Cl)OCO2)[C@H](O)C1CC1. The molecule has 1 aliphatic carbocycles. The molecule has 1 aromatic rings. The molecule has 1 aliphatic heterocycles. The van der Waals surface area contributed by atoms with Gasteiger partial charge in [0.15, 0.2) is 11.5 Å². The van der Waals surface area contributed by atoms with Crippen molar-refractivity contribution in [3.8, 4) is 11.5 Å². The standard InChI is InChI=1S/C12H14ClNO3/c13-8-4-10-9(16-5-17-10)3-7(8)11(14)12(15)6-1-2-6/h3-4,6,11-12,15H,1-2,5,14H2/t11-,12+/m0/s1. The van der Waals surface area contributed by atoms with Gasteiger partial charge in [0.1, 0.15) is 0 Å². The molecule has 0 radical (unpaired) electrons. The first-order chi connectivity index (χ1) is 8.16. The zero-order valence-corrected chi connectivity index (χ0v) is 9.98. The minimum atomic E-state index is -0.534. The van der Waals surface area contributed by atoms with Gasteiger partial charge in [-0.1, -0.05) is 11.6 Å². The summed E-state index contributed by atoms with van der Waals surface area (Å²) in [5.74, 6) is 1.58. The molecule has 0 bridgehead atoms. The maximum absolute atomic E-state index is 10.0. The number of fused-ring (bicyclic) bond motifs is 1. The van der Waals surface area contributed by atoms with Gasteiger partial charge in [-0.2, -0.15) is 0 Å². The molecule has 3 N–H and O–H groups in total. The van der Waals surface area contributed by atoms with Crippen LogP contribution in [0.1, 0.15) is 24.4 Å². The van der Waals surface area contributed by atoms with Crippen LogP contribution in [0, 0.1) is 5.92 Å². The van der Waals surface area contributed by atoms with Crippen LogP contribution < -0.4 is 15.2 Å². The van der Waals surface area contributed by atoms with E-state index in [-0.39, 0.29) is 6.79 Å². The highest BCUT2D eigenvalue weighted by molar-refractivity contribution is 6.31. The average molecular weight is 256 g/mol. The molecule has 1 aromatic carbocycles. The Hall–Kier alpha value is -0.970. The third-order valence-electron chi connectivity index (χ3n) is 3.32. The van der Waals surface area contributed by atoms with Crippen LogP contribution in [-0.2, 0) is 0 Å². The smallest absolute Gasteiger partial charge is 0.231 e. The van der Waals surface area contributed by atoms with Gasteiger partial charge in [-0.15, -0.1) is 0 Å². The second-order valence-electron chi connectivity index (χ2n) is 4.58. The normalized spacial score (nSPS) is 21.4. The van der Waals surface area contributed by atoms with E-state index in [1.807, 2.05) is 0 Å². The molecule has 0 amide bonds. The molecule has 0 saturated heterocycles. The molecule has 0 spiro atoms. The van der Waals surface area contributed by atoms with Crippen molar-refractivity contribution in [2.75, 3.05) is 6.79 Å². The first kappa shape index (κ1) is 11.1. The monoisotopic (exact) mass is 255 g/mol. The molecule has 2 aliphatic rings. The number of ether oxygens (including phenoxy) is 2. The summed E-state index contributed by atoms with van der Waals surface area (Å²) in [4.78, 5) is 0. The minimum absolute atomic E-state index is 0.204. The zero-order valence-electron chi connectivity index (χ0n) is 9.23. The molecule has 1 saturated carbocycles. The number of nitrogens with two attached hydrogens (primary N) is 1. The van der Waals surface area contributed by atoms with Crippen LogP contribution in [0.15, 0.2) is 12.1 Å². The van der Waals surface area contributed by atoms with Crippen LogP contribution >= 0.6 is 11.6 Å². The van der Waals surface area contributed by atoms with Gasteiger partial charge in [-0.05, 0) is 30.4 Å². The number of aliphatic hydroxyl groups is 1. The summed E-state index contributed by atoms with van der Waals surface area (Å²) < 4.78 is 10.5. The van der Waals surface area contributed by atoms with Crippen LogP contribution in [0.4, 0.5) is 0 Å². The Labute approximate surface area is 104 Å². The third-order valence-corrected chi connectivity index (χ3v) is 3.65. The van der Waals surface area contributed by atoms with Gasteiger partial charge in [-0.3, -0.25) is 0 Å². The summed E-state index contributed by atoms with van der Waals surface area (Å²) in [5, 5.41) is 10.5. The Morgan fingerprint density at radius 2 is 1.94 bits per heavy atom. The predicted octanol–water partition coefficient (Wildman–Crippen LogP) is 1.84. The van der Waals surface area contributed by atoms with Gasteiger partial charge in [0.2, 0.25) is 6.79 Å². The topological polar surface area (TPSA) is 64.7 Å². The molecule has 0 aromatic heterocycles. The third kappa shape index (κ3) is 1.97. The molecule has 1 fully saturated rings. The summed E-state index contributed by atoms with van der Waals surface area (Å²) in [7, 11) is 0. The van der Waals surface area contributed by atoms with Crippen molar-refractivity contribution >= 4 is 11.6 Å². The van der Waals surface area contributed by atoms with Crippen molar-refractivity contribution in [2.45, 2.75) is 25.0 Å². The molecular formula is C12H14ClNO3. The fraction of sp³-hybridized carbons (Fsp3) is 0.500. The lowest BCUT2D eigenvalue weighted by Gasteiger charge is -2.20. The van der Waals surface area contributed by atoms with Gasteiger partial charge < -0.3 is 20.3 Å². The molecule has 17 heavy (non-hydrogen) atoms. The van der Waals surface area contributed by atoms with Crippen LogP contribution in [-0.4, -0.2) is 18.0 Å². The van der Waals surface area contributed by atoms with E-state index in [0.717, 1.165) is 18.4 Å². The molecule has 3 rings (SSSR count). The lowest BCUT2D eigenvalue weighted by molar-refractivity contribution is 0.122. The van der Waals surface area contributed by atoms with Crippen molar-refractivity contribution in [1.29, 1.82) is 0 Å². The van der Waals surface area contributed by atoms with E-state index in [1.54, 1.807) is 12.1 Å². The Kier molecular flexibility index (Phi) is 2.65. The van der Waals surface area contributed by atoms with E-state index in [4.69, 9.17) is 26.8 Å². The summed E-state index contributed by atoms with van der Waals surface area (Å²) in [5.41, 5.74) is 6.76. The molecule has 1 heterocycles.